The number of ether oxygens (including phenoxy) is 1. The lowest BCUT2D eigenvalue weighted by Crippen LogP contribution is -2.26. The van der Waals surface area contributed by atoms with E-state index in [-0.39, 0.29) is 0 Å². The van der Waals surface area contributed by atoms with Crippen LogP contribution < -0.4 is 10.1 Å². The van der Waals surface area contributed by atoms with Gasteiger partial charge >= 0.3 is 0 Å². The molecule has 19 heavy (non-hydrogen) atoms. The standard InChI is InChI=1S/C12H14N4OS2/c1-4-5-6-8-7(2)13-12(18)17-10-9(8)15-16-11(14-10)19-3/h4-6,12-13,18H,2H2,1,3H3/b5-4-,8-6+. The number of aromatic nitrogens is 3. The fourth-order valence-electron chi connectivity index (χ4n) is 1.51. The quantitative estimate of drug-likeness (QED) is 0.644. The Labute approximate surface area is 121 Å². The van der Waals surface area contributed by atoms with E-state index in [4.69, 9.17) is 4.74 Å². The summed E-state index contributed by atoms with van der Waals surface area (Å²) in [4.78, 5) is 4.31. The van der Waals surface area contributed by atoms with E-state index in [1.54, 1.807) is 0 Å². The molecule has 1 aromatic heterocycles. The summed E-state index contributed by atoms with van der Waals surface area (Å²) in [5.41, 5.74) is 1.50. The average Bonchev–Trinajstić information content (AvgIpc) is 2.51. The van der Waals surface area contributed by atoms with E-state index in [9.17, 15) is 0 Å². The first-order valence-corrected chi connectivity index (χ1v) is 7.32. The first kappa shape index (κ1) is 14.0. The van der Waals surface area contributed by atoms with Crippen LogP contribution in [0.3, 0.4) is 0 Å². The molecule has 0 aliphatic carbocycles. The molecule has 1 aliphatic heterocycles. The van der Waals surface area contributed by atoms with Crippen molar-refractivity contribution >= 4 is 30.0 Å². The summed E-state index contributed by atoms with van der Waals surface area (Å²) in [6, 6.07) is 0. The normalized spacial score (nSPS) is 20.9. The predicted molar refractivity (Wildman–Crippen MR) is 80.1 cm³/mol. The van der Waals surface area contributed by atoms with Crippen LogP contribution in [0.4, 0.5) is 0 Å². The van der Waals surface area contributed by atoms with Crippen LogP contribution in [0, 0.1) is 0 Å². The van der Waals surface area contributed by atoms with Gasteiger partial charge in [0, 0.05) is 11.3 Å². The fourth-order valence-corrected chi connectivity index (χ4v) is 2.06. The van der Waals surface area contributed by atoms with Gasteiger partial charge in [0.2, 0.25) is 16.6 Å². The molecular formula is C12H14N4OS2. The van der Waals surface area contributed by atoms with E-state index >= 15 is 0 Å². The van der Waals surface area contributed by atoms with Crippen LogP contribution in [-0.4, -0.2) is 27.0 Å². The Balaban J connectivity index is 2.55. The van der Waals surface area contributed by atoms with Gasteiger partial charge in [0.15, 0.2) is 5.69 Å². The largest absolute Gasteiger partial charge is 0.443 e. The van der Waals surface area contributed by atoms with E-state index < -0.39 is 5.56 Å². The number of hydrogen-bond acceptors (Lipinski definition) is 7. The molecule has 0 saturated heterocycles. The lowest BCUT2D eigenvalue weighted by molar-refractivity contribution is 0.256. The van der Waals surface area contributed by atoms with Gasteiger partial charge in [-0.3, -0.25) is 0 Å². The van der Waals surface area contributed by atoms with E-state index in [0.29, 0.717) is 22.4 Å². The van der Waals surface area contributed by atoms with Gasteiger partial charge in [-0.2, -0.15) is 4.98 Å². The zero-order valence-corrected chi connectivity index (χ0v) is 12.3. The number of fused-ring (bicyclic) bond motifs is 1. The molecule has 7 heteroatoms. The monoisotopic (exact) mass is 294 g/mol. The molecule has 1 N–H and O–H groups in total. The number of nitrogens with zero attached hydrogens (tertiary/aromatic N) is 3. The van der Waals surface area contributed by atoms with Crippen LogP contribution in [0.25, 0.3) is 5.57 Å². The van der Waals surface area contributed by atoms with Crippen molar-refractivity contribution in [1.82, 2.24) is 20.5 Å². The average molecular weight is 294 g/mol. The second kappa shape index (κ2) is 6.12. The minimum Gasteiger partial charge on any atom is -0.443 e. The Morgan fingerprint density at radius 2 is 2.26 bits per heavy atom. The van der Waals surface area contributed by atoms with Crippen molar-refractivity contribution < 1.29 is 4.74 Å². The topological polar surface area (TPSA) is 59.9 Å². The molecule has 0 saturated carbocycles. The van der Waals surface area contributed by atoms with Gasteiger partial charge in [-0.15, -0.1) is 22.8 Å². The van der Waals surface area contributed by atoms with Crippen molar-refractivity contribution in [3.05, 3.63) is 36.2 Å². The minimum atomic E-state index is -0.519. The minimum absolute atomic E-state index is 0.404. The molecule has 0 bridgehead atoms. The van der Waals surface area contributed by atoms with Gasteiger partial charge in [-0.25, -0.2) is 0 Å². The van der Waals surface area contributed by atoms with E-state index in [1.807, 2.05) is 31.4 Å². The number of thiol groups is 1. The summed E-state index contributed by atoms with van der Waals surface area (Å²) >= 11 is 5.68. The Morgan fingerprint density at radius 1 is 1.47 bits per heavy atom. The maximum atomic E-state index is 5.58. The molecule has 0 spiro atoms. The maximum absolute atomic E-state index is 5.58. The molecule has 0 radical (unpaired) electrons. The highest BCUT2D eigenvalue weighted by Crippen LogP contribution is 2.31. The predicted octanol–water partition coefficient (Wildman–Crippen LogP) is 2.26. The van der Waals surface area contributed by atoms with Crippen molar-refractivity contribution in [1.29, 1.82) is 0 Å². The van der Waals surface area contributed by atoms with Crippen LogP contribution in [-0.2, 0) is 0 Å². The molecule has 1 aromatic rings. The summed E-state index contributed by atoms with van der Waals surface area (Å²) in [6.45, 7) is 5.89. The third kappa shape index (κ3) is 3.10. The number of thioether (sulfide) groups is 1. The Hall–Kier alpha value is -1.47. The zero-order valence-electron chi connectivity index (χ0n) is 10.6. The molecule has 0 amide bonds. The summed E-state index contributed by atoms with van der Waals surface area (Å²) in [5.74, 6) is 0.404. The van der Waals surface area contributed by atoms with Crippen molar-refractivity contribution in [3.8, 4) is 5.88 Å². The molecule has 5 nitrogen and oxygen atoms in total. The van der Waals surface area contributed by atoms with Gasteiger partial charge in [0.1, 0.15) is 0 Å². The van der Waals surface area contributed by atoms with Crippen LogP contribution in [0.2, 0.25) is 0 Å². The number of nitrogens with one attached hydrogen (secondary N) is 1. The Morgan fingerprint density at radius 3 is 2.95 bits per heavy atom. The Bertz CT molecular complexity index is 557. The third-order valence-corrected chi connectivity index (χ3v) is 3.15. The van der Waals surface area contributed by atoms with E-state index in [1.165, 1.54) is 11.8 Å². The molecule has 1 atom stereocenters. The number of hydrogen-bond donors (Lipinski definition) is 2. The van der Waals surface area contributed by atoms with Gasteiger partial charge in [-0.1, -0.05) is 36.6 Å². The van der Waals surface area contributed by atoms with Crippen molar-refractivity contribution in [2.75, 3.05) is 6.26 Å². The number of rotatable bonds is 2. The van der Waals surface area contributed by atoms with E-state index in [0.717, 1.165) is 5.57 Å². The van der Waals surface area contributed by atoms with Crippen LogP contribution in [0.15, 0.2) is 35.7 Å². The molecule has 1 unspecified atom stereocenters. The summed E-state index contributed by atoms with van der Waals surface area (Å²) in [7, 11) is 0. The van der Waals surface area contributed by atoms with Crippen LogP contribution >= 0.6 is 24.4 Å². The highest BCUT2D eigenvalue weighted by Gasteiger charge is 2.23. The van der Waals surface area contributed by atoms with Crippen LogP contribution in [0.1, 0.15) is 12.6 Å². The molecule has 1 aliphatic rings. The SMILES string of the molecule is C=C1NC(S)Oc2nc(SC)nnc2/C1=C/C=C\C. The summed E-state index contributed by atoms with van der Waals surface area (Å²) in [6.07, 6.45) is 7.58. The van der Waals surface area contributed by atoms with Crippen molar-refractivity contribution in [2.45, 2.75) is 17.6 Å². The van der Waals surface area contributed by atoms with Crippen LogP contribution in [0.5, 0.6) is 5.88 Å². The fraction of sp³-hybridized carbons (Fsp3) is 0.250. The second-order valence-electron chi connectivity index (χ2n) is 3.65. The van der Waals surface area contributed by atoms with Gasteiger partial charge in [0.25, 0.3) is 0 Å². The molecule has 2 rings (SSSR count). The molecule has 2 heterocycles. The number of allylic oxidation sites excluding steroid dienone is 4. The molecule has 0 aromatic carbocycles. The maximum Gasteiger partial charge on any atom is 0.247 e. The lowest BCUT2D eigenvalue weighted by atomic mass is 10.1. The third-order valence-electron chi connectivity index (χ3n) is 2.37. The molecular weight excluding hydrogens is 280 g/mol. The Kier molecular flexibility index (Phi) is 4.49. The highest BCUT2D eigenvalue weighted by atomic mass is 32.2. The smallest absolute Gasteiger partial charge is 0.247 e. The summed E-state index contributed by atoms with van der Waals surface area (Å²) < 4.78 is 5.58. The zero-order chi connectivity index (χ0) is 13.8. The van der Waals surface area contributed by atoms with Crippen molar-refractivity contribution in [3.63, 3.8) is 0 Å². The summed E-state index contributed by atoms with van der Waals surface area (Å²) in [5, 5.41) is 11.8. The van der Waals surface area contributed by atoms with Gasteiger partial charge in [-0.05, 0) is 13.2 Å². The highest BCUT2D eigenvalue weighted by molar-refractivity contribution is 7.98. The van der Waals surface area contributed by atoms with E-state index in [2.05, 4.69) is 39.7 Å². The lowest BCUT2D eigenvalue weighted by Gasteiger charge is -2.12. The molecule has 100 valence electrons. The first-order valence-electron chi connectivity index (χ1n) is 5.58. The van der Waals surface area contributed by atoms with Gasteiger partial charge in [0.05, 0.1) is 0 Å². The van der Waals surface area contributed by atoms with Crippen molar-refractivity contribution in [2.24, 2.45) is 0 Å². The molecule has 0 fully saturated rings. The first-order chi connectivity index (χ1) is 9.15. The van der Waals surface area contributed by atoms with Gasteiger partial charge < -0.3 is 10.1 Å². The second-order valence-corrected chi connectivity index (χ2v) is 4.89.